The fraction of sp³-hybridized carbons (Fsp3) is 0.133. The molecule has 0 bridgehead atoms. The third kappa shape index (κ3) is 3.20. The van der Waals surface area contributed by atoms with Crippen molar-refractivity contribution >= 4 is 21.9 Å². The molecule has 0 fully saturated rings. The zero-order valence-electron chi connectivity index (χ0n) is 9.97. The number of hydrogen-bond acceptors (Lipinski definition) is 2. The number of halogens is 1. The van der Waals surface area contributed by atoms with Crippen LogP contribution in [-0.4, -0.2) is 5.97 Å². The molecule has 0 spiro atoms. The van der Waals surface area contributed by atoms with Gasteiger partial charge in [-0.3, -0.25) is 0 Å². The fourth-order valence-electron chi connectivity index (χ4n) is 1.54. The highest BCUT2D eigenvalue weighted by Gasteiger charge is 2.09. The van der Waals surface area contributed by atoms with Crippen molar-refractivity contribution in [1.29, 1.82) is 0 Å². The van der Waals surface area contributed by atoms with Gasteiger partial charge in [0.25, 0.3) is 0 Å². The highest BCUT2D eigenvalue weighted by Crippen LogP contribution is 2.22. The normalized spacial score (nSPS) is 11.9. The van der Waals surface area contributed by atoms with Crippen molar-refractivity contribution in [2.75, 3.05) is 0 Å². The molecule has 2 rings (SSSR count). The van der Waals surface area contributed by atoms with Crippen LogP contribution in [0.3, 0.4) is 0 Å². The summed E-state index contributed by atoms with van der Waals surface area (Å²) in [6.45, 7) is 2.04. The first-order chi connectivity index (χ1) is 8.66. The Bertz CT molecular complexity index is 518. The third-order valence-corrected chi connectivity index (χ3v) is 3.09. The van der Waals surface area contributed by atoms with E-state index in [0.717, 1.165) is 5.56 Å². The van der Waals surface area contributed by atoms with Gasteiger partial charge in [0, 0.05) is 4.83 Å². The Balaban J connectivity index is 2.10. The first-order valence-corrected chi connectivity index (χ1v) is 6.59. The van der Waals surface area contributed by atoms with E-state index in [1.807, 2.05) is 37.3 Å². The molecule has 18 heavy (non-hydrogen) atoms. The summed E-state index contributed by atoms with van der Waals surface area (Å²) in [6.07, 6.45) is 0. The summed E-state index contributed by atoms with van der Waals surface area (Å²) < 4.78 is 5.25. The highest BCUT2D eigenvalue weighted by atomic mass is 79.9. The van der Waals surface area contributed by atoms with Gasteiger partial charge in [0.05, 0.1) is 5.56 Å². The lowest BCUT2D eigenvalue weighted by Crippen LogP contribution is -2.08. The molecule has 0 saturated carbocycles. The van der Waals surface area contributed by atoms with Crippen molar-refractivity contribution in [2.24, 2.45) is 0 Å². The largest absolute Gasteiger partial charge is 0.423 e. The Morgan fingerprint density at radius 2 is 1.67 bits per heavy atom. The highest BCUT2D eigenvalue weighted by molar-refractivity contribution is 9.09. The molecule has 0 aliphatic rings. The van der Waals surface area contributed by atoms with Gasteiger partial charge in [0.2, 0.25) is 0 Å². The molecule has 2 nitrogen and oxygen atoms in total. The number of benzene rings is 2. The van der Waals surface area contributed by atoms with Gasteiger partial charge >= 0.3 is 5.97 Å². The fourth-order valence-corrected chi connectivity index (χ4v) is 1.84. The molecule has 0 aliphatic heterocycles. The second-order valence-electron chi connectivity index (χ2n) is 3.94. The Morgan fingerprint density at radius 1 is 1.06 bits per heavy atom. The smallest absolute Gasteiger partial charge is 0.343 e. The SMILES string of the molecule is CC(Br)c1ccc(C(=O)Oc2ccccc2)cc1. The quantitative estimate of drug-likeness (QED) is 0.478. The topological polar surface area (TPSA) is 26.3 Å². The van der Waals surface area contributed by atoms with E-state index < -0.39 is 0 Å². The number of carbonyl (C=O) groups is 1. The van der Waals surface area contributed by atoms with E-state index in [1.165, 1.54) is 0 Å². The lowest BCUT2D eigenvalue weighted by Gasteiger charge is -2.06. The van der Waals surface area contributed by atoms with Crippen LogP contribution in [0.4, 0.5) is 0 Å². The number of esters is 1. The minimum Gasteiger partial charge on any atom is -0.423 e. The van der Waals surface area contributed by atoms with Gasteiger partial charge in [-0.2, -0.15) is 0 Å². The van der Waals surface area contributed by atoms with Gasteiger partial charge in [-0.15, -0.1) is 0 Å². The summed E-state index contributed by atoms with van der Waals surface area (Å²) in [5, 5.41) is 0. The van der Waals surface area contributed by atoms with Gasteiger partial charge in [-0.25, -0.2) is 4.79 Å². The van der Waals surface area contributed by atoms with Crippen LogP contribution in [0.2, 0.25) is 0 Å². The van der Waals surface area contributed by atoms with Gasteiger partial charge in [-0.05, 0) is 36.8 Å². The monoisotopic (exact) mass is 304 g/mol. The van der Waals surface area contributed by atoms with E-state index in [0.29, 0.717) is 11.3 Å². The zero-order valence-corrected chi connectivity index (χ0v) is 11.6. The second kappa shape index (κ2) is 5.83. The van der Waals surface area contributed by atoms with Crippen LogP contribution in [0.1, 0.15) is 27.7 Å². The number of para-hydroxylation sites is 1. The van der Waals surface area contributed by atoms with E-state index in [9.17, 15) is 4.79 Å². The third-order valence-electron chi connectivity index (χ3n) is 2.56. The van der Waals surface area contributed by atoms with E-state index >= 15 is 0 Å². The molecule has 0 radical (unpaired) electrons. The standard InChI is InChI=1S/C15H13BrO2/c1-11(16)12-7-9-13(10-8-12)15(17)18-14-5-3-2-4-6-14/h2-11H,1H3. The van der Waals surface area contributed by atoms with Crippen molar-refractivity contribution in [3.05, 3.63) is 65.7 Å². The predicted molar refractivity (Wildman–Crippen MR) is 75.2 cm³/mol. The maximum absolute atomic E-state index is 11.9. The summed E-state index contributed by atoms with van der Waals surface area (Å²) in [5.41, 5.74) is 1.68. The molecule has 2 aromatic rings. The van der Waals surface area contributed by atoms with Crippen LogP contribution >= 0.6 is 15.9 Å². The van der Waals surface area contributed by atoms with Crippen molar-refractivity contribution < 1.29 is 9.53 Å². The zero-order chi connectivity index (χ0) is 13.0. The molecule has 2 aromatic carbocycles. The molecule has 0 N–H and O–H groups in total. The number of hydrogen-bond donors (Lipinski definition) is 0. The molecule has 0 aliphatic carbocycles. The van der Waals surface area contributed by atoms with Gasteiger partial charge < -0.3 is 4.74 Å². The Kier molecular flexibility index (Phi) is 4.15. The molecule has 0 saturated heterocycles. The predicted octanol–water partition coefficient (Wildman–Crippen LogP) is 4.36. The minimum absolute atomic E-state index is 0.275. The molecule has 92 valence electrons. The summed E-state index contributed by atoms with van der Waals surface area (Å²) in [5.74, 6) is 0.218. The van der Waals surface area contributed by atoms with E-state index in [2.05, 4.69) is 15.9 Å². The summed E-state index contributed by atoms with van der Waals surface area (Å²) in [4.78, 5) is 12.1. The lowest BCUT2D eigenvalue weighted by atomic mass is 10.1. The van der Waals surface area contributed by atoms with Crippen LogP contribution in [0.15, 0.2) is 54.6 Å². The van der Waals surface area contributed by atoms with E-state index in [1.54, 1.807) is 24.3 Å². The average molecular weight is 305 g/mol. The first-order valence-electron chi connectivity index (χ1n) is 5.68. The maximum atomic E-state index is 11.9. The number of alkyl halides is 1. The molecular weight excluding hydrogens is 292 g/mol. The van der Waals surface area contributed by atoms with E-state index in [-0.39, 0.29) is 10.8 Å². The molecular formula is C15H13BrO2. The van der Waals surface area contributed by atoms with Gasteiger partial charge in [0.15, 0.2) is 0 Å². The summed E-state index contributed by atoms with van der Waals surface area (Å²) in [6, 6.07) is 16.4. The van der Waals surface area contributed by atoms with Crippen LogP contribution in [0.25, 0.3) is 0 Å². The summed E-state index contributed by atoms with van der Waals surface area (Å²) >= 11 is 3.48. The number of ether oxygens (including phenoxy) is 1. The summed E-state index contributed by atoms with van der Waals surface area (Å²) in [7, 11) is 0. The number of rotatable bonds is 3. The van der Waals surface area contributed by atoms with Gasteiger partial charge in [0.1, 0.15) is 5.75 Å². The van der Waals surface area contributed by atoms with Crippen LogP contribution in [0, 0.1) is 0 Å². The Morgan fingerprint density at radius 3 is 2.22 bits per heavy atom. The van der Waals surface area contributed by atoms with Crippen molar-refractivity contribution in [2.45, 2.75) is 11.8 Å². The molecule has 0 amide bonds. The second-order valence-corrected chi connectivity index (χ2v) is 5.31. The van der Waals surface area contributed by atoms with Crippen LogP contribution in [-0.2, 0) is 0 Å². The molecule has 1 atom stereocenters. The van der Waals surface area contributed by atoms with Gasteiger partial charge in [-0.1, -0.05) is 46.3 Å². The number of carbonyl (C=O) groups excluding carboxylic acids is 1. The first kappa shape index (κ1) is 12.8. The molecule has 3 heteroatoms. The molecule has 0 heterocycles. The van der Waals surface area contributed by atoms with Crippen molar-refractivity contribution in [3.63, 3.8) is 0 Å². The lowest BCUT2D eigenvalue weighted by molar-refractivity contribution is 0.0735. The maximum Gasteiger partial charge on any atom is 0.343 e. The van der Waals surface area contributed by atoms with Crippen molar-refractivity contribution in [3.8, 4) is 5.75 Å². The van der Waals surface area contributed by atoms with Crippen molar-refractivity contribution in [1.82, 2.24) is 0 Å². The molecule has 0 aromatic heterocycles. The Labute approximate surface area is 115 Å². The van der Waals surface area contributed by atoms with Crippen LogP contribution in [0.5, 0.6) is 5.75 Å². The average Bonchev–Trinajstić information content (AvgIpc) is 2.40. The Hall–Kier alpha value is -1.61. The molecule has 1 unspecified atom stereocenters. The minimum atomic E-state index is -0.338. The van der Waals surface area contributed by atoms with Crippen LogP contribution < -0.4 is 4.74 Å². The van der Waals surface area contributed by atoms with E-state index in [4.69, 9.17) is 4.74 Å².